The van der Waals surface area contributed by atoms with E-state index >= 15 is 0 Å². The Hall–Kier alpha value is -1.39. The van der Waals surface area contributed by atoms with Gasteiger partial charge in [0, 0.05) is 45.3 Å². The predicted octanol–water partition coefficient (Wildman–Crippen LogP) is 3.42. The van der Waals surface area contributed by atoms with Crippen LogP contribution in [0.5, 0.6) is 0 Å². The van der Waals surface area contributed by atoms with Crippen LogP contribution in [0.3, 0.4) is 0 Å². The van der Waals surface area contributed by atoms with E-state index in [1.165, 1.54) is 44.2 Å². The average Bonchev–Trinajstić information content (AvgIpc) is 2.66. The number of para-hydroxylation sites is 1. The molecule has 1 aromatic rings. The standard InChI is InChI=1S/C21H33N3O/c1-18(25)24-14-7-13-23(17-19-8-3-2-4-9-19)15-12-22-16-20-10-5-6-11-21(20)24/h5-6,10-11,19,22H,2-4,7-9,12-17H2,1H3. The van der Waals surface area contributed by atoms with Gasteiger partial charge in [-0.25, -0.2) is 0 Å². The molecule has 1 saturated carbocycles. The Labute approximate surface area is 152 Å². The zero-order valence-electron chi connectivity index (χ0n) is 15.7. The molecule has 1 heterocycles. The minimum absolute atomic E-state index is 0.144. The van der Waals surface area contributed by atoms with Crippen molar-refractivity contribution in [2.24, 2.45) is 5.92 Å². The van der Waals surface area contributed by atoms with E-state index in [4.69, 9.17) is 0 Å². The quantitative estimate of drug-likeness (QED) is 0.894. The molecule has 1 aromatic carbocycles. The number of rotatable bonds is 2. The van der Waals surface area contributed by atoms with Crippen LogP contribution >= 0.6 is 0 Å². The second-order valence-electron chi connectivity index (χ2n) is 7.63. The van der Waals surface area contributed by atoms with Crippen molar-refractivity contribution in [2.75, 3.05) is 37.6 Å². The minimum atomic E-state index is 0.144. The third-order valence-electron chi connectivity index (χ3n) is 5.68. The molecule has 0 bridgehead atoms. The fraction of sp³-hybridized carbons (Fsp3) is 0.667. The van der Waals surface area contributed by atoms with Crippen molar-refractivity contribution in [3.05, 3.63) is 29.8 Å². The first-order chi connectivity index (χ1) is 12.2. The summed E-state index contributed by atoms with van der Waals surface area (Å²) in [5.74, 6) is 1.02. The van der Waals surface area contributed by atoms with E-state index in [-0.39, 0.29) is 5.91 Å². The number of hydrogen-bond acceptors (Lipinski definition) is 3. The Balaban J connectivity index is 1.66. The van der Waals surface area contributed by atoms with Crippen LogP contribution in [0.2, 0.25) is 0 Å². The van der Waals surface area contributed by atoms with Gasteiger partial charge in [0.15, 0.2) is 0 Å². The van der Waals surface area contributed by atoms with Gasteiger partial charge >= 0.3 is 0 Å². The monoisotopic (exact) mass is 343 g/mol. The third kappa shape index (κ3) is 5.29. The van der Waals surface area contributed by atoms with E-state index in [1.54, 1.807) is 6.92 Å². The highest BCUT2D eigenvalue weighted by molar-refractivity contribution is 5.92. The summed E-state index contributed by atoms with van der Waals surface area (Å²) < 4.78 is 0. The van der Waals surface area contributed by atoms with Gasteiger partial charge in [-0.15, -0.1) is 0 Å². The van der Waals surface area contributed by atoms with Crippen LogP contribution in [0.15, 0.2) is 24.3 Å². The van der Waals surface area contributed by atoms with Crippen LogP contribution < -0.4 is 10.2 Å². The SMILES string of the molecule is CC(=O)N1CCCN(CC2CCCCC2)CCNCc2ccccc21. The Kier molecular flexibility index (Phi) is 6.88. The van der Waals surface area contributed by atoms with Crippen LogP contribution in [0.25, 0.3) is 0 Å². The number of amides is 1. The molecule has 4 nitrogen and oxygen atoms in total. The second-order valence-corrected chi connectivity index (χ2v) is 7.63. The number of carbonyl (C=O) groups excluding carboxylic acids is 1. The molecular formula is C21H33N3O. The van der Waals surface area contributed by atoms with Crippen molar-refractivity contribution in [1.29, 1.82) is 0 Å². The summed E-state index contributed by atoms with van der Waals surface area (Å²) in [6.07, 6.45) is 8.07. The maximum Gasteiger partial charge on any atom is 0.223 e. The lowest BCUT2D eigenvalue weighted by atomic mass is 9.89. The number of fused-ring (bicyclic) bond motifs is 1. The molecule has 0 unspecified atom stereocenters. The number of nitrogens with zero attached hydrogens (tertiary/aromatic N) is 2. The lowest BCUT2D eigenvalue weighted by Gasteiger charge is -2.30. The fourth-order valence-corrected chi connectivity index (χ4v) is 4.31. The van der Waals surface area contributed by atoms with Crippen molar-refractivity contribution in [3.63, 3.8) is 0 Å². The molecule has 25 heavy (non-hydrogen) atoms. The van der Waals surface area contributed by atoms with Crippen molar-refractivity contribution in [1.82, 2.24) is 10.2 Å². The highest BCUT2D eigenvalue weighted by atomic mass is 16.2. The first-order valence-corrected chi connectivity index (χ1v) is 10.0. The molecule has 3 rings (SSSR count). The topological polar surface area (TPSA) is 35.6 Å². The Morgan fingerprint density at radius 1 is 1.08 bits per heavy atom. The van der Waals surface area contributed by atoms with Gasteiger partial charge in [-0.3, -0.25) is 4.79 Å². The molecular weight excluding hydrogens is 310 g/mol. The summed E-state index contributed by atoms with van der Waals surface area (Å²) in [5.41, 5.74) is 2.29. The number of nitrogens with one attached hydrogen (secondary N) is 1. The summed E-state index contributed by atoms with van der Waals surface area (Å²) in [4.78, 5) is 16.8. The lowest BCUT2D eigenvalue weighted by molar-refractivity contribution is -0.116. The number of carbonyl (C=O) groups is 1. The zero-order valence-corrected chi connectivity index (χ0v) is 15.7. The molecule has 0 saturated heterocycles. The van der Waals surface area contributed by atoms with Crippen molar-refractivity contribution < 1.29 is 4.79 Å². The molecule has 2 aliphatic rings. The minimum Gasteiger partial charge on any atom is -0.312 e. The van der Waals surface area contributed by atoms with Crippen LogP contribution in [-0.2, 0) is 11.3 Å². The largest absolute Gasteiger partial charge is 0.312 e. The maximum atomic E-state index is 12.2. The predicted molar refractivity (Wildman–Crippen MR) is 104 cm³/mol. The van der Waals surface area contributed by atoms with Crippen LogP contribution in [0, 0.1) is 5.92 Å². The van der Waals surface area contributed by atoms with Gasteiger partial charge < -0.3 is 15.1 Å². The van der Waals surface area contributed by atoms with E-state index in [2.05, 4.69) is 28.4 Å². The van der Waals surface area contributed by atoms with E-state index < -0.39 is 0 Å². The molecule has 1 N–H and O–H groups in total. The average molecular weight is 344 g/mol. The maximum absolute atomic E-state index is 12.2. The molecule has 1 amide bonds. The Morgan fingerprint density at radius 3 is 2.68 bits per heavy atom. The molecule has 0 atom stereocenters. The molecule has 0 radical (unpaired) electrons. The normalized spacial score (nSPS) is 21.4. The second kappa shape index (κ2) is 9.35. The van der Waals surface area contributed by atoms with E-state index in [0.29, 0.717) is 0 Å². The van der Waals surface area contributed by atoms with Gasteiger partial charge in [0.1, 0.15) is 0 Å². The third-order valence-corrected chi connectivity index (χ3v) is 5.68. The summed E-state index contributed by atoms with van der Waals surface area (Å²) in [6, 6.07) is 8.31. The molecule has 1 aliphatic carbocycles. The van der Waals surface area contributed by atoms with Crippen molar-refractivity contribution in [2.45, 2.75) is 52.0 Å². The van der Waals surface area contributed by atoms with E-state index in [0.717, 1.165) is 50.7 Å². The molecule has 1 fully saturated rings. The Morgan fingerprint density at radius 2 is 1.88 bits per heavy atom. The van der Waals surface area contributed by atoms with Crippen molar-refractivity contribution in [3.8, 4) is 0 Å². The van der Waals surface area contributed by atoms with Gasteiger partial charge in [0.25, 0.3) is 0 Å². The fourth-order valence-electron chi connectivity index (χ4n) is 4.31. The van der Waals surface area contributed by atoms with E-state index in [9.17, 15) is 4.79 Å². The highest BCUT2D eigenvalue weighted by Crippen LogP contribution is 2.25. The number of benzene rings is 1. The molecule has 1 aliphatic heterocycles. The highest BCUT2D eigenvalue weighted by Gasteiger charge is 2.19. The molecule has 138 valence electrons. The summed E-state index contributed by atoms with van der Waals surface area (Å²) >= 11 is 0. The summed E-state index contributed by atoms with van der Waals surface area (Å²) in [6.45, 7) is 7.77. The van der Waals surface area contributed by atoms with Gasteiger partial charge in [-0.1, -0.05) is 37.5 Å². The first-order valence-electron chi connectivity index (χ1n) is 10.0. The first kappa shape index (κ1) is 18.4. The van der Waals surface area contributed by atoms with Crippen LogP contribution in [0.4, 0.5) is 5.69 Å². The van der Waals surface area contributed by atoms with Gasteiger partial charge in [0.05, 0.1) is 0 Å². The Bertz CT molecular complexity index is 554. The van der Waals surface area contributed by atoms with Gasteiger partial charge in [0.2, 0.25) is 5.91 Å². The summed E-state index contributed by atoms with van der Waals surface area (Å²) in [7, 11) is 0. The van der Waals surface area contributed by atoms with Crippen molar-refractivity contribution >= 4 is 11.6 Å². The van der Waals surface area contributed by atoms with E-state index in [1.807, 2.05) is 11.0 Å². The van der Waals surface area contributed by atoms with Crippen LogP contribution in [0.1, 0.15) is 51.0 Å². The number of hydrogen-bond donors (Lipinski definition) is 1. The molecule has 0 spiro atoms. The molecule has 4 heteroatoms. The van der Waals surface area contributed by atoms with Gasteiger partial charge in [-0.2, -0.15) is 0 Å². The zero-order chi connectivity index (χ0) is 17.5. The smallest absolute Gasteiger partial charge is 0.223 e. The molecule has 0 aromatic heterocycles. The number of anilines is 1. The van der Waals surface area contributed by atoms with Gasteiger partial charge in [-0.05, 0) is 43.4 Å². The lowest BCUT2D eigenvalue weighted by Crippen LogP contribution is -2.37. The van der Waals surface area contributed by atoms with Crippen LogP contribution in [-0.4, -0.2) is 43.5 Å². The summed E-state index contributed by atoms with van der Waals surface area (Å²) in [5, 5.41) is 3.59.